The van der Waals surface area contributed by atoms with Crippen molar-refractivity contribution in [3.8, 4) is 0 Å². The van der Waals surface area contributed by atoms with Crippen LogP contribution in [0.5, 0.6) is 0 Å². The number of anilines is 1. The second-order valence-electron chi connectivity index (χ2n) is 8.71. The molecular weight excluding hydrogens is 601 g/mol. The molecule has 3 atom stereocenters. The number of hydrogen-bond donors (Lipinski definition) is 2. The van der Waals surface area contributed by atoms with Crippen molar-refractivity contribution in [2.75, 3.05) is 18.4 Å². The molecule has 2 aromatic carbocycles. The lowest BCUT2D eigenvalue weighted by molar-refractivity contribution is -0.157. The fraction of sp³-hybridized carbons (Fsp3) is 0.348. The summed E-state index contributed by atoms with van der Waals surface area (Å²) in [7, 11) is 0. The first-order valence-corrected chi connectivity index (χ1v) is 12.7. The van der Waals surface area contributed by atoms with E-state index < -0.39 is 52.7 Å². The van der Waals surface area contributed by atoms with Gasteiger partial charge in [0, 0.05) is 28.2 Å². The quantitative estimate of drug-likeness (QED) is 0.387. The maximum absolute atomic E-state index is 13.0. The molecule has 0 bridgehead atoms. The van der Waals surface area contributed by atoms with E-state index in [2.05, 4.69) is 10.6 Å². The molecule has 2 fully saturated rings. The van der Waals surface area contributed by atoms with E-state index in [0.717, 1.165) is 0 Å². The second-order valence-corrected chi connectivity index (χ2v) is 11.4. The Hall–Kier alpha value is -1.91. The van der Waals surface area contributed by atoms with Crippen LogP contribution < -0.4 is 10.6 Å². The van der Waals surface area contributed by atoms with E-state index in [1.165, 1.54) is 24.3 Å². The van der Waals surface area contributed by atoms with Crippen LogP contribution in [0.4, 0.5) is 18.9 Å². The van der Waals surface area contributed by atoms with Crippen molar-refractivity contribution in [3.63, 3.8) is 0 Å². The molecule has 1 saturated carbocycles. The van der Waals surface area contributed by atoms with Crippen LogP contribution in [-0.2, 0) is 9.59 Å². The minimum absolute atomic E-state index is 0.00925. The summed E-state index contributed by atoms with van der Waals surface area (Å²) in [6, 6.07) is 7.69. The third-order valence-corrected chi connectivity index (χ3v) is 7.74. The molecule has 0 aromatic heterocycles. The Morgan fingerprint density at radius 3 is 2.32 bits per heavy atom. The highest BCUT2D eigenvalue weighted by Gasteiger charge is 2.67. The monoisotopic (exact) mass is 615 g/mol. The zero-order chi connectivity index (χ0) is 27.3. The fourth-order valence-corrected chi connectivity index (χ4v) is 5.88. The number of rotatable bonds is 6. The maximum Gasteiger partial charge on any atom is 0.406 e. The van der Waals surface area contributed by atoms with Gasteiger partial charge in [0.25, 0.3) is 5.91 Å². The number of likely N-dealkylation sites (tertiary alicyclic amines) is 1. The highest BCUT2D eigenvalue weighted by molar-refractivity contribution is 6.53. The molecule has 1 aliphatic carbocycles. The number of nitrogens with one attached hydrogen (secondary N) is 2. The van der Waals surface area contributed by atoms with Gasteiger partial charge in [-0.2, -0.15) is 13.2 Å². The normalized spacial score (nSPS) is 22.6. The van der Waals surface area contributed by atoms with E-state index >= 15 is 0 Å². The number of carbonyl (C=O) groups excluding carboxylic acids is 3. The highest BCUT2D eigenvalue weighted by Crippen LogP contribution is 2.65. The lowest BCUT2D eigenvalue weighted by atomic mass is 10.1. The Morgan fingerprint density at radius 2 is 1.70 bits per heavy atom. The minimum Gasteiger partial charge on any atom is -0.340 e. The average Bonchev–Trinajstić information content (AvgIpc) is 3.22. The number of amides is 3. The van der Waals surface area contributed by atoms with Gasteiger partial charge in [0.15, 0.2) is 0 Å². The SMILES string of the molecule is O=C(NC1CCN(CC(F)(F)F)C1=O)c1cc(NC(=O)C2C(c3cc(Cl)cc(Cl)c3)C2(Cl)Cl)ccc1Cl. The van der Waals surface area contributed by atoms with Gasteiger partial charge in [-0.15, -0.1) is 23.2 Å². The highest BCUT2D eigenvalue weighted by atomic mass is 35.5. The molecule has 4 rings (SSSR count). The molecule has 3 amide bonds. The van der Waals surface area contributed by atoms with E-state index in [-0.39, 0.29) is 29.2 Å². The van der Waals surface area contributed by atoms with Crippen molar-refractivity contribution < 1.29 is 27.6 Å². The first-order chi connectivity index (χ1) is 17.2. The van der Waals surface area contributed by atoms with Crippen molar-refractivity contribution in [1.82, 2.24) is 10.2 Å². The molecule has 14 heteroatoms. The van der Waals surface area contributed by atoms with Crippen molar-refractivity contribution in [3.05, 3.63) is 62.6 Å². The van der Waals surface area contributed by atoms with Crippen molar-refractivity contribution in [2.24, 2.45) is 5.92 Å². The van der Waals surface area contributed by atoms with E-state index in [1.807, 2.05) is 0 Å². The van der Waals surface area contributed by atoms with Crippen LogP contribution in [0.1, 0.15) is 28.3 Å². The summed E-state index contributed by atoms with van der Waals surface area (Å²) in [6.07, 6.45) is -4.54. The maximum atomic E-state index is 13.0. The average molecular weight is 618 g/mol. The standard InChI is InChI=1S/C23H17Cl5F3N3O3/c24-11-5-10(6-12(25)7-11)17-18(23(17,27)28)20(36)32-13-1-2-15(26)14(8-13)19(35)33-16-3-4-34(21(16)37)9-22(29,30)31/h1-2,5-8,16-18H,3-4,9H2,(H,32,36)(H,33,35). The number of hydrogen-bond acceptors (Lipinski definition) is 3. The molecule has 0 spiro atoms. The van der Waals surface area contributed by atoms with Gasteiger partial charge in [-0.05, 0) is 48.4 Å². The summed E-state index contributed by atoms with van der Waals surface area (Å²) >= 11 is 31.0. The number of carbonyl (C=O) groups is 3. The number of alkyl halides is 5. The molecule has 6 nitrogen and oxygen atoms in total. The Kier molecular flexibility index (Phi) is 7.85. The van der Waals surface area contributed by atoms with Crippen LogP contribution >= 0.6 is 58.0 Å². The van der Waals surface area contributed by atoms with Crippen LogP contribution in [0.3, 0.4) is 0 Å². The third-order valence-electron chi connectivity index (χ3n) is 6.03. The van der Waals surface area contributed by atoms with Crippen molar-refractivity contribution >= 4 is 81.4 Å². The number of halogens is 8. The lowest BCUT2D eigenvalue weighted by Crippen LogP contribution is -2.43. The van der Waals surface area contributed by atoms with Gasteiger partial charge in [0.05, 0.1) is 16.5 Å². The fourth-order valence-electron chi connectivity index (χ4n) is 4.30. The predicted octanol–water partition coefficient (Wildman–Crippen LogP) is 6.07. The van der Waals surface area contributed by atoms with E-state index in [1.54, 1.807) is 12.1 Å². The molecule has 2 aromatic rings. The van der Waals surface area contributed by atoms with Crippen molar-refractivity contribution in [2.45, 2.75) is 28.9 Å². The molecule has 0 radical (unpaired) electrons. The number of nitrogens with zero attached hydrogens (tertiary/aromatic N) is 1. The zero-order valence-electron chi connectivity index (χ0n) is 18.5. The number of benzene rings is 2. The zero-order valence-corrected chi connectivity index (χ0v) is 22.3. The van der Waals surface area contributed by atoms with Gasteiger partial charge >= 0.3 is 6.18 Å². The molecule has 1 heterocycles. The predicted molar refractivity (Wildman–Crippen MR) is 136 cm³/mol. The molecule has 3 unspecified atom stereocenters. The molecule has 37 heavy (non-hydrogen) atoms. The van der Waals surface area contributed by atoms with Gasteiger partial charge in [0.2, 0.25) is 11.8 Å². The largest absolute Gasteiger partial charge is 0.406 e. The lowest BCUT2D eigenvalue weighted by Gasteiger charge is -2.19. The smallest absolute Gasteiger partial charge is 0.340 e. The Morgan fingerprint density at radius 1 is 1.05 bits per heavy atom. The molecule has 2 aliphatic rings. The molecule has 198 valence electrons. The first-order valence-electron chi connectivity index (χ1n) is 10.8. The molecular formula is C23H17Cl5F3N3O3. The Labute approximate surface area is 234 Å². The second kappa shape index (κ2) is 10.3. The van der Waals surface area contributed by atoms with Gasteiger partial charge in [0.1, 0.15) is 16.9 Å². The van der Waals surface area contributed by atoms with E-state index in [9.17, 15) is 27.6 Å². The summed E-state index contributed by atoms with van der Waals surface area (Å²) in [5.41, 5.74) is 0.688. The Balaban J connectivity index is 1.44. The van der Waals surface area contributed by atoms with Crippen LogP contribution in [0.2, 0.25) is 15.1 Å². The van der Waals surface area contributed by atoms with Crippen LogP contribution in [-0.4, -0.2) is 52.3 Å². The van der Waals surface area contributed by atoms with E-state index in [4.69, 9.17) is 58.0 Å². The van der Waals surface area contributed by atoms with Gasteiger partial charge in [-0.25, -0.2) is 0 Å². The summed E-state index contributed by atoms with van der Waals surface area (Å²) in [5.74, 6) is -3.60. The summed E-state index contributed by atoms with van der Waals surface area (Å²) in [5, 5.41) is 5.76. The van der Waals surface area contributed by atoms with Gasteiger partial charge in [-0.1, -0.05) is 34.8 Å². The summed E-state index contributed by atoms with van der Waals surface area (Å²) < 4.78 is 36.5. The van der Waals surface area contributed by atoms with Crippen LogP contribution in [0.25, 0.3) is 0 Å². The van der Waals surface area contributed by atoms with Crippen LogP contribution in [0.15, 0.2) is 36.4 Å². The molecule has 1 aliphatic heterocycles. The summed E-state index contributed by atoms with van der Waals surface area (Å²) in [6.45, 7) is -1.54. The first kappa shape index (κ1) is 28.1. The summed E-state index contributed by atoms with van der Waals surface area (Å²) in [4.78, 5) is 38.6. The van der Waals surface area contributed by atoms with Gasteiger partial charge < -0.3 is 15.5 Å². The van der Waals surface area contributed by atoms with Gasteiger partial charge in [-0.3, -0.25) is 14.4 Å². The molecule has 2 N–H and O–H groups in total. The van der Waals surface area contributed by atoms with Crippen molar-refractivity contribution in [1.29, 1.82) is 0 Å². The third kappa shape index (κ3) is 6.23. The Bertz CT molecular complexity index is 1250. The molecule has 1 saturated heterocycles. The topological polar surface area (TPSA) is 78.5 Å². The minimum atomic E-state index is -4.55. The van der Waals surface area contributed by atoms with E-state index in [0.29, 0.717) is 20.5 Å². The van der Waals surface area contributed by atoms with Crippen LogP contribution in [0, 0.1) is 5.92 Å².